The minimum absolute atomic E-state index is 0.259. The van der Waals surface area contributed by atoms with Gasteiger partial charge in [-0.05, 0) is 24.8 Å². The van der Waals surface area contributed by atoms with E-state index in [2.05, 4.69) is 9.97 Å². The highest BCUT2D eigenvalue weighted by atomic mass is 16.3. The minimum atomic E-state index is -0.577. The van der Waals surface area contributed by atoms with Gasteiger partial charge < -0.3 is 15.8 Å². The maximum Gasteiger partial charge on any atom is 0.0935 e. The van der Waals surface area contributed by atoms with Crippen LogP contribution in [-0.2, 0) is 0 Å². The number of H-pyrrole nitrogens is 1. The van der Waals surface area contributed by atoms with Crippen molar-refractivity contribution in [1.29, 1.82) is 0 Å². The second-order valence-corrected chi connectivity index (χ2v) is 4.40. The molecule has 1 fully saturated rings. The van der Waals surface area contributed by atoms with Crippen LogP contribution in [0.5, 0.6) is 0 Å². The summed E-state index contributed by atoms with van der Waals surface area (Å²) in [4.78, 5) is 7.45. The van der Waals surface area contributed by atoms with Crippen molar-refractivity contribution in [2.45, 2.75) is 24.9 Å². The van der Waals surface area contributed by atoms with Crippen molar-refractivity contribution < 1.29 is 5.11 Å². The third-order valence-electron chi connectivity index (χ3n) is 3.21. The van der Waals surface area contributed by atoms with Gasteiger partial charge >= 0.3 is 0 Å². The van der Waals surface area contributed by atoms with E-state index in [1.807, 2.05) is 6.07 Å². The molecular formula is C12H15N3O. The second kappa shape index (κ2) is 3.57. The lowest BCUT2D eigenvalue weighted by molar-refractivity contribution is 0.187. The number of nitrogens with zero attached hydrogens (tertiary/aromatic N) is 1. The van der Waals surface area contributed by atoms with E-state index in [9.17, 15) is 5.11 Å². The second-order valence-electron chi connectivity index (χ2n) is 4.40. The molecule has 0 saturated heterocycles. The fourth-order valence-corrected chi connectivity index (χ4v) is 2.26. The van der Waals surface area contributed by atoms with Crippen LogP contribution in [0, 0.1) is 0 Å². The van der Waals surface area contributed by atoms with Crippen molar-refractivity contribution in [3.8, 4) is 0 Å². The fourth-order valence-electron chi connectivity index (χ4n) is 2.26. The highest BCUT2D eigenvalue weighted by Gasteiger charge is 2.30. The van der Waals surface area contributed by atoms with Gasteiger partial charge in [-0.3, -0.25) is 4.98 Å². The molecule has 84 valence electrons. The molecule has 1 unspecified atom stereocenters. The summed E-state index contributed by atoms with van der Waals surface area (Å²) in [5, 5.41) is 11.1. The summed E-state index contributed by atoms with van der Waals surface area (Å²) in [6.07, 6.45) is 5.37. The number of hydrogen-bond acceptors (Lipinski definition) is 3. The Labute approximate surface area is 93.5 Å². The van der Waals surface area contributed by atoms with Gasteiger partial charge in [0.15, 0.2) is 0 Å². The van der Waals surface area contributed by atoms with E-state index in [0.717, 1.165) is 22.2 Å². The number of rotatable bonds is 3. The van der Waals surface area contributed by atoms with Crippen molar-refractivity contribution in [3.63, 3.8) is 0 Å². The van der Waals surface area contributed by atoms with E-state index in [4.69, 9.17) is 5.73 Å². The Kier molecular flexibility index (Phi) is 2.19. The topological polar surface area (TPSA) is 74.9 Å². The van der Waals surface area contributed by atoms with Gasteiger partial charge in [0.05, 0.1) is 17.8 Å². The average Bonchev–Trinajstić information content (AvgIpc) is 3.09. The summed E-state index contributed by atoms with van der Waals surface area (Å²) in [5.41, 5.74) is 8.68. The largest absolute Gasteiger partial charge is 0.387 e. The number of nitrogens with one attached hydrogen (secondary N) is 1. The van der Waals surface area contributed by atoms with Gasteiger partial charge in [0.25, 0.3) is 0 Å². The standard InChI is InChI=1S/C12H15N3O/c13-5-10(16)11-8-3-4-14-6-9(8)15-12(11)7-1-2-7/h3-4,6-7,10,15-16H,1-2,5,13H2. The molecule has 0 aliphatic heterocycles. The summed E-state index contributed by atoms with van der Waals surface area (Å²) in [6, 6.07) is 1.94. The van der Waals surface area contributed by atoms with Crippen molar-refractivity contribution in [2.75, 3.05) is 6.54 Å². The van der Waals surface area contributed by atoms with E-state index in [1.54, 1.807) is 12.4 Å². The molecule has 3 rings (SSSR count). The smallest absolute Gasteiger partial charge is 0.0935 e. The summed E-state index contributed by atoms with van der Waals surface area (Å²) >= 11 is 0. The monoisotopic (exact) mass is 217 g/mol. The maximum atomic E-state index is 10.0. The third-order valence-corrected chi connectivity index (χ3v) is 3.21. The molecular weight excluding hydrogens is 202 g/mol. The van der Waals surface area contributed by atoms with Crippen LogP contribution < -0.4 is 5.73 Å². The van der Waals surface area contributed by atoms with Crippen LogP contribution in [0.4, 0.5) is 0 Å². The fraction of sp³-hybridized carbons (Fsp3) is 0.417. The summed E-state index contributed by atoms with van der Waals surface area (Å²) in [5.74, 6) is 0.573. The Bertz CT molecular complexity index is 516. The van der Waals surface area contributed by atoms with Gasteiger partial charge in [-0.25, -0.2) is 0 Å². The molecule has 0 aromatic carbocycles. The van der Waals surface area contributed by atoms with Crippen LogP contribution in [-0.4, -0.2) is 21.6 Å². The van der Waals surface area contributed by atoms with Gasteiger partial charge in [0.2, 0.25) is 0 Å². The first-order chi connectivity index (χ1) is 7.81. The van der Waals surface area contributed by atoms with E-state index in [0.29, 0.717) is 5.92 Å². The highest BCUT2D eigenvalue weighted by Crippen LogP contribution is 2.44. The molecule has 1 atom stereocenters. The van der Waals surface area contributed by atoms with Crippen molar-refractivity contribution in [1.82, 2.24) is 9.97 Å². The zero-order valence-electron chi connectivity index (χ0n) is 8.98. The molecule has 0 radical (unpaired) electrons. The Balaban J connectivity index is 2.22. The van der Waals surface area contributed by atoms with Crippen LogP contribution >= 0.6 is 0 Å². The number of aliphatic hydroxyl groups is 1. The van der Waals surface area contributed by atoms with E-state index in [1.165, 1.54) is 12.8 Å². The van der Waals surface area contributed by atoms with Crippen LogP contribution in [0.2, 0.25) is 0 Å². The molecule has 2 aromatic rings. The Morgan fingerprint density at radius 2 is 2.38 bits per heavy atom. The van der Waals surface area contributed by atoms with Gasteiger partial charge in [-0.2, -0.15) is 0 Å². The van der Waals surface area contributed by atoms with Crippen LogP contribution in [0.15, 0.2) is 18.5 Å². The lowest BCUT2D eigenvalue weighted by Crippen LogP contribution is -2.12. The van der Waals surface area contributed by atoms with E-state index < -0.39 is 6.10 Å². The molecule has 1 saturated carbocycles. The first-order valence-electron chi connectivity index (χ1n) is 5.65. The summed E-state index contributed by atoms with van der Waals surface area (Å²) in [6.45, 7) is 0.259. The Morgan fingerprint density at radius 3 is 3.06 bits per heavy atom. The Hall–Kier alpha value is -1.39. The van der Waals surface area contributed by atoms with Crippen molar-refractivity contribution >= 4 is 10.9 Å². The quantitative estimate of drug-likeness (QED) is 0.728. The molecule has 1 aliphatic rings. The van der Waals surface area contributed by atoms with Crippen LogP contribution in [0.3, 0.4) is 0 Å². The average molecular weight is 217 g/mol. The molecule has 1 aliphatic carbocycles. The Morgan fingerprint density at radius 1 is 1.56 bits per heavy atom. The molecule has 0 amide bonds. The minimum Gasteiger partial charge on any atom is -0.387 e. The highest BCUT2D eigenvalue weighted by molar-refractivity contribution is 5.84. The number of nitrogens with two attached hydrogens (primary N) is 1. The van der Waals surface area contributed by atoms with Gasteiger partial charge in [-0.15, -0.1) is 0 Å². The van der Waals surface area contributed by atoms with Crippen molar-refractivity contribution in [2.24, 2.45) is 5.73 Å². The first kappa shape index (κ1) is 9.81. The maximum absolute atomic E-state index is 10.0. The number of aromatic amines is 1. The third kappa shape index (κ3) is 1.42. The molecule has 4 heteroatoms. The van der Waals surface area contributed by atoms with E-state index in [-0.39, 0.29) is 6.54 Å². The zero-order valence-corrected chi connectivity index (χ0v) is 8.98. The number of aromatic nitrogens is 2. The summed E-state index contributed by atoms with van der Waals surface area (Å²) < 4.78 is 0. The molecule has 0 bridgehead atoms. The number of aliphatic hydroxyl groups excluding tert-OH is 1. The molecule has 2 heterocycles. The molecule has 4 N–H and O–H groups in total. The zero-order chi connectivity index (χ0) is 11.1. The van der Waals surface area contributed by atoms with Gasteiger partial charge in [-0.1, -0.05) is 0 Å². The van der Waals surface area contributed by atoms with Gasteiger partial charge in [0, 0.05) is 29.4 Å². The predicted molar refractivity (Wildman–Crippen MR) is 62.1 cm³/mol. The molecule has 16 heavy (non-hydrogen) atoms. The van der Waals surface area contributed by atoms with Gasteiger partial charge in [0.1, 0.15) is 0 Å². The van der Waals surface area contributed by atoms with Crippen LogP contribution in [0.1, 0.15) is 36.1 Å². The van der Waals surface area contributed by atoms with E-state index >= 15 is 0 Å². The first-order valence-corrected chi connectivity index (χ1v) is 5.65. The number of pyridine rings is 1. The molecule has 0 spiro atoms. The predicted octanol–water partition coefficient (Wildman–Crippen LogP) is 1.43. The lowest BCUT2D eigenvalue weighted by Gasteiger charge is -2.09. The number of fused-ring (bicyclic) bond motifs is 1. The normalized spacial score (nSPS) is 17.9. The summed E-state index contributed by atoms with van der Waals surface area (Å²) in [7, 11) is 0. The van der Waals surface area contributed by atoms with Crippen molar-refractivity contribution in [3.05, 3.63) is 29.7 Å². The molecule has 4 nitrogen and oxygen atoms in total. The number of hydrogen-bond donors (Lipinski definition) is 3. The SMILES string of the molecule is NCC(O)c1c(C2CC2)[nH]c2cnccc12. The molecule has 2 aromatic heterocycles. The van der Waals surface area contributed by atoms with Crippen LogP contribution in [0.25, 0.3) is 10.9 Å². The lowest BCUT2D eigenvalue weighted by atomic mass is 10.0.